The average Bonchev–Trinajstić information content (AvgIpc) is 1.65. The Morgan fingerprint density at radius 3 is 1.33 bits per heavy atom. The van der Waals surface area contributed by atoms with Gasteiger partial charge in [0.25, 0.3) is 0 Å². The van der Waals surface area contributed by atoms with E-state index in [1.807, 2.05) is 0 Å². The van der Waals surface area contributed by atoms with Gasteiger partial charge in [-0.15, -0.1) is 0 Å². The lowest BCUT2D eigenvalue weighted by Gasteiger charge is -2.29. The standard InChI is InChI=1S/C6H14O3/c1-4(7)6(3,9)5(2)8/h4-5,7-9H,1-3H3/t4-,5-/m1/s1. The zero-order valence-corrected chi connectivity index (χ0v) is 6.00. The summed E-state index contributed by atoms with van der Waals surface area (Å²) in [5.74, 6) is 0. The lowest BCUT2D eigenvalue weighted by molar-refractivity contribution is -0.121. The van der Waals surface area contributed by atoms with Crippen LogP contribution in [0.2, 0.25) is 0 Å². The molecular formula is C6H14O3. The number of aliphatic hydroxyl groups is 3. The van der Waals surface area contributed by atoms with Gasteiger partial charge in [0.15, 0.2) is 0 Å². The quantitative estimate of drug-likeness (QED) is 0.477. The topological polar surface area (TPSA) is 60.7 Å². The van der Waals surface area contributed by atoms with Gasteiger partial charge in [-0.05, 0) is 20.8 Å². The molecule has 0 saturated carbocycles. The fraction of sp³-hybridized carbons (Fsp3) is 1.00. The summed E-state index contributed by atoms with van der Waals surface area (Å²) in [5, 5.41) is 26.9. The van der Waals surface area contributed by atoms with E-state index in [1.165, 1.54) is 20.8 Å². The van der Waals surface area contributed by atoms with E-state index in [-0.39, 0.29) is 0 Å². The van der Waals surface area contributed by atoms with Crippen molar-refractivity contribution in [1.82, 2.24) is 0 Å². The summed E-state index contributed by atoms with van der Waals surface area (Å²) in [6, 6.07) is 0. The van der Waals surface area contributed by atoms with E-state index < -0.39 is 17.8 Å². The molecule has 0 aromatic carbocycles. The first-order valence-corrected chi connectivity index (χ1v) is 2.97. The number of hydrogen-bond donors (Lipinski definition) is 3. The molecule has 0 aliphatic rings. The van der Waals surface area contributed by atoms with Crippen molar-refractivity contribution in [2.45, 2.75) is 38.6 Å². The van der Waals surface area contributed by atoms with E-state index in [0.717, 1.165) is 0 Å². The SMILES string of the molecule is C[C@@H](O)C(C)(O)[C@@H](C)O. The van der Waals surface area contributed by atoms with Crippen LogP contribution < -0.4 is 0 Å². The molecule has 3 N–H and O–H groups in total. The molecule has 0 bridgehead atoms. The van der Waals surface area contributed by atoms with E-state index in [4.69, 9.17) is 15.3 Å². The summed E-state index contributed by atoms with van der Waals surface area (Å²) in [6.45, 7) is 4.27. The highest BCUT2D eigenvalue weighted by atomic mass is 16.4. The summed E-state index contributed by atoms with van der Waals surface area (Å²) in [6.07, 6.45) is -1.81. The molecule has 56 valence electrons. The second-order valence-electron chi connectivity index (χ2n) is 2.58. The third-order valence-corrected chi connectivity index (χ3v) is 1.69. The Kier molecular flexibility index (Phi) is 2.61. The van der Waals surface area contributed by atoms with Crippen LogP contribution in [0, 0.1) is 0 Å². The van der Waals surface area contributed by atoms with Crippen LogP contribution in [0.25, 0.3) is 0 Å². The maximum Gasteiger partial charge on any atom is 0.113 e. The van der Waals surface area contributed by atoms with Gasteiger partial charge in [-0.2, -0.15) is 0 Å². The third-order valence-electron chi connectivity index (χ3n) is 1.69. The van der Waals surface area contributed by atoms with E-state index in [9.17, 15) is 0 Å². The monoisotopic (exact) mass is 134 g/mol. The van der Waals surface area contributed by atoms with Crippen molar-refractivity contribution in [1.29, 1.82) is 0 Å². The summed E-state index contributed by atoms with van der Waals surface area (Å²) in [4.78, 5) is 0. The smallest absolute Gasteiger partial charge is 0.113 e. The molecule has 2 atom stereocenters. The fourth-order valence-corrected chi connectivity index (χ4v) is 0.349. The van der Waals surface area contributed by atoms with Gasteiger partial charge in [0.2, 0.25) is 0 Å². The molecule has 0 unspecified atom stereocenters. The van der Waals surface area contributed by atoms with Crippen molar-refractivity contribution in [3.8, 4) is 0 Å². The van der Waals surface area contributed by atoms with Gasteiger partial charge >= 0.3 is 0 Å². The zero-order valence-electron chi connectivity index (χ0n) is 6.00. The third kappa shape index (κ3) is 1.93. The van der Waals surface area contributed by atoms with Gasteiger partial charge in [-0.1, -0.05) is 0 Å². The van der Waals surface area contributed by atoms with Crippen LogP contribution >= 0.6 is 0 Å². The number of hydrogen-bond acceptors (Lipinski definition) is 3. The average molecular weight is 134 g/mol. The molecule has 0 rings (SSSR count). The Balaban J connectivity index is 4.01. The Bertz CT molecular complexity index is 76.3. The normalized spacial score (nSPS) is 19.3. The molecule has 3 nitrogen and oxygen atoms in total. The second-order valence-corrected chi connectivity index (χ2v) is 2.58. The van der Waals surface area contributed by atoms with Gasteiger partial charge in [-0.25, -0.2) is 0 Å². The molecule has 0 spiro atoms. The highest BCUT2D eigenvalue weighted by Crippen LogP contribution is 2.13. The predicted molar refractivity (Wildman–Crippen MR) is 34.0 cm³/mol. The van der Waals surface area contributed by atoms with Crippen molar-refractivity contribution in [2.75, 3.05) is 0 Å². The molecule has 0 fully saturated rings. The molecule has 0 heterocycles. The molecule has 9 heavy (non-hydrogen) atoms. The highest BCUT2D eigenvalue weighted by Gasteiger charge is 2.31. The first-order valence-electron chi connectivity index (χ1n) is 2.97. The minimum absolute atomic E-state index is 0.905. The summed E-state index contributed by atoms with van der Waals surface area (Å²) >= 11 is 0. The molecule has 0 amide bonds. The summed E-state index contributed by atoms with van der Waals surface area (Å²) in [5.41, 5.74) is -1.39. The summed E-state index contributed by atoms with van der Waals surface area (Å²) in [7, 11) is 0. The molecule has 0 aromatic heterocycles. The van der Waals surface area contributed by atoms with E-state index in [1.54, 1.807) is 0 Å². The van der Waals surface area contributed by atoms with Crippen molar-refractivity contribution < 1.29 is 15.3 Å². The van der Waals surface area contributed by atoms with Gasteiger partial charge in [0, 0.05) is 0 Å². The molecule has 0 saturated heterocycles. The predicted octanol–water partition coefficient (Wildman–Crippen LogP) is -0.501. The van der Waals surface area contributed by atoms with Gasteiger partial charge < -0.3 is 15.3 Å². The van der Waals surface area contributed by atoms with E-state index >= 15 is 0 Å². The largest absolute Gasteiger partial charge is 0.390 e. The molecule has 0 radical (unpaired) electrons. The number of aliphatic hydroxyl groups excluding tert-OH is 2. The van der Waals surface area contributed by atoms with E-state index in [2.05, 4.69) is 0 Å². The van der Waals surface area contributed by atoms with Crippen LogP contribution in [0.3, 0.4) is 0 Å². The molecule has 0 aromatic rings. The van der Waals surface area contributed by atoms with E-state index in [0.29, 0.717) is 0 Å². The Morgan fingerprint density at radius 2 is 1.33 bits per heavy atom. The van der Waals surface area contributed by atoms with Crippen molar-refractivity contribution in [3.63, 3.8) is 0 Å². The first-order chi connectivity index (χ1) is 3.89. The zero-order chi connectivity index (χ0) is 7.65. The summed E-state index contributed by atoms with van der Waals surface area (Å²) < 4.78 is 0. The fourth-order valence-electron chi connectivity index (χ4n) is 0.349. The van der Waals surface area contributed by atoms with Crippen LogP contribution in [0.15, 0.2) is 0 Å². The van der Waals surface area contributed by atoms with Crippen LogP contribution in [-0.4, -0.2) is 33.1 Å². The minimum atomic E-state index is -1.39. The van der Waals surface area contributed by atoms with Crippen LogP contribution in [0.4, 0.5) is 0 Å². The number of rotatable bonds is 2. The second kappa shape index (κ2) is 2.64. The van der Waals surface area contributed by atoms with Crippen LogP contribution in [0.5, 0.6) is 0 Å². The molecule has 3 heteroatoms. The first kappa shape index (κ1) is 8.88. The van der Waals surface area contributed by atoms with Gasteiger partial charge in [0.1, 0.15) is 5.60 Å². The van der Waals surface area contributed by atoms with Gasteiger partial charge in [-0.3, -0.25) is 0 Å². The van der Waals surface area contributed by atoms with Crippen LogP contribution in [0.1, 0.15) is 20.8 Å². The molecular weight excluding hydrogens is 120 g/mol. The molecule has 0 aliphatic heterocycles. The lowest BCUT2D eigenvalue weighted by atomic mass is 9.95. The Labute approximate surface area is 54.9 Å². The van der Waals surface area contributed by atoms with Crippen molar-refractivity contribution >= 4 is 0 Å². The Morgan fingerprint density at radius 1 is 1.11 bits per heavy atom. The van der Waals surface area contributed by atoms with Crippen molar-refractivity contribution in [2.24, 2.45) is 0 Å². The maximum absolute atomic E-state index is 9.17. The van der Waals surface area contributed by atoms with Gasteiger partial charge in [0.05, 0.1) is 12.2 Å². The molecule has 0 aliphatic carbocycles. The van der Waals surface area contributed by atoms with Crippen LogP contribution in [-0.2, 0) is 0 Å². The van der Waals surface area contributed by atoms with Crippen molar-refractivity contribution in [3.05, 3.63) is 0 Å². The minimum Gasteiger partial charge on any atom is -0.390 e. The maximum atomic E-state index is 9.17. The highest BCUT2D eigenvalue weighted by molar-refractivity contribution is 4.83. The lowest BCUT2D eigenvalue weighted by Crippen LogP contribution is -2.46. The Hall–Kier alpha value is -0.120.